The zero-order chi connectivity index (χ0) is 26.0. The minimum atomic E-state index is -1.13. The Labute approximate surface area is 216 Å². The Bertz CT molecular complexity index is 1270. The molecule has 194 valence electrons. The molecule has 1 aliphatic carbocycles. The molecule has 0 spiro atoms. The highest BCUT2D eigenvalue weighted by atomic mass is 16.4. The van der Waals surface area contributed by atoms with E-state index in [1.165, 1.54) is 50.4 Å². The second-order valence-corrected chi connectivity index (χ2v) is 9.70. The molecule has 3 N–H and O–H groups in total. The average Bonchev–Trinajstić information content (AvgIpc) is 2.91. The largest absolute Gasteiger partial charge is 0.480 e. The van der Waals surface area contributed by atoms with Crippen molar-refractivity contribution in [2.24, 2.45) is 5.92 Å². The standard InChI is InChI=1S/C29H34N4O4/c34-27-11-10-26(19-33(27)20-28(35)36)32-29(37)25-15-22(14-24(16-25)23-9-5-13-31-18-23)8-4-12-30-17-21-6-2-1-3-7-21/h5,9-11,13-16,18-19,21,30H,1-4,6-8,12,17,20H2,(H,32,37)(H,35,36). The van der Waals surface area contributed by atoms with Crippen molar-refractivity contribution in [1.29, 1.82) is 0 Å². The first-order chi connectivity index (χ1) is 18.0. The lowest BCUT2D eigenvalue weighted by atomic mass is 9.89. The van der Waals surface area contributed by atoms with Crippen LogP contribution >= 0.6 is 0 Å². The van der Waals surface area contributed by atoms with E-state index in [0.717, 1.165) is 53.1 Å². The van der Waals surface area contributed by atoms with Crippen LogP contribution in [0.4, 0.5) is 5.69 Å². The number of anilines is 1. The van der Waals surface area contributed by atoms with Gasteiger partial charge in [0.1, 0.15) is 6.54 Å². The highest BCUT2D eigenvalue weighted by Crippen LogP contribution is 2.24. The molecule has 1 aliphatic rings. The van der Waals surface area contributed by atoms with Gasteiger partial charge in [-0.25, -0.2) is 0 Å². The van der Waals surface area contributed by atoms with E-state index >= 15 is 0 Å². The summed E-state index contributed by atoms with van der Waals surface area (Å²) < 4.78 is 1.05. The summed E-state index contributed by atoms with van der Waals surface area (Å²) in [6.45, 7) is 1.53. The van der Waals surface area contributed by atoms with E-state index in [1.807, 2.05) is 24.3 Å². The van der Waals surface area contributed by atoms with Crippen LogP contribution in [0.3, 0.4) is 0 Å². The van der Waals surface area contributed by atoms with E-state index in [0.29, 0.717) is 11.3 Å². The number of benzene rings is 1. The van der Waals surface area contributed by atoms with E-state index < -0.39 is 18.1 Å². The summed E-state index contributed by atoms with van der Waals surface area (Å²) in [5, 5.41) is 15.4. The molecular weight excluding hydrogens is 468 g/mol. The molecule has 0 unspecified atom stereocenters. The van der Waals surface area contributed by atoms with Crippen LogP contribution < -0.4 is 16.2 Å². The second kappa shape index (κ2) is 13.0. The average molecular weight is 503 g/mol. The van der Waals surface area contributed by atoms with Gasteiger partial charge in [0.15, 0.2) is 0 Å². The van der Waals surface area contributed by atoms with Crippen molar-refractivity contribution in [1.82, 2.24) is 14.9 Å². The van der Waals surface area contributed by atoms with E-state index in [1.54, 1.807) is 12.4 Å². The van der Waals surface area contributed by atoms with Crippen molar-refractivity contribution in [2.75, 3.05) is 18.4 Å². The number of nitrogens with one attached hydrogen (secondary N) is 2. The van der Waals surface area contributed by atoms with Crippen molar-refractivity contribution in [3.05, 3.63) is 82.5 Å². The molecule has 1 amide bonds. The van der Waals surface area contributed by atoms with E-state index in [4.69, 9.17) is 5.11 Å². The Hall–Kier alpha value is -3.78. The Balaban J connectivity index is 1.46. The molecule has 0 bridgehead atoms. The molecule has 0 aliphatic heterocycles. The molecule has 4 rings (SSSR count). The van der Waals surface area contributed by atoms with E-state index in [-0.39, 0.29) is 5.91 Å². The monoisotopic (exact) mass is 502 g/mol. The van der Waals surface area contributed by atoms with Gasteiger partial charge in [0, 0.05) is 35.8 Å². The number of amides is 1. The van der Waals surface area contributed by atoms with Crippen LogP contribution in [0.25, 0.3) is 11.1 Å². The van der Waals surface area contributed by atoms with Gasteiger partial charge in [0.25, 0.3) is 11.5 Å². The SMILES string of the molecule is O=C(O)Cn1cc(NC(=O)c2cc(CCCNCC3CCCCC3)cc(-c3cccnc3)c2)ccc1=O. The predicted octanol–water partition coefficient (Wildman–Crippen LogP) is 4.35. The summed E-state index contributed by atoms with van der Waals surface area (Å²) in [5.41, 5.74) is 3.28. The van der Waals surface area contributed by atoms with Crippen LogP contribution in [0.15, 0.2) is 65.8 Å². The number of carbonyl (C=O) groups is 2. The van der Waals surface area contributed by atoms with Crippen LogP contribution in [0.2, 0.25) is 0 Å². The third kappa shape index (κ3) is 7.85. The van der Waals surface area contributed by atoms with Gasteiger partial charge in [0.05, 0.1) is 5.69 Å². The summed E-state index contributed by atoms with van der Waals surface area (Å²) >= 11 is 0. The summed E-state index contributed by atoms with van der Waals surface area (Å²) in [6, 6.07) is 12.4. The van der Waals surface area contributed by atoms with Crippen molar-refractivity contribution in [2.45, 2.75) is 51.5 Å². The maximum Gasteiger partial charge on any atom is 0.323 e. The fraction of sp³-hybridized carbons (Fsp3) is 0.379. The number of pyridine rings is 2. The first kappa shape index (κ1) is 26.3. The van der Waals surface area contributed by atoms with Gasteiger partial charge in [-0.2, -0.15) is 0 Å². The van der Waals surface area contributed by atoms with Crippen LogP contribution in [0.1, 0.15) is 54.4 Å². The van der Waals surface area contributed by atoms with Crippen molar-refractivity contribution in [3.8, 4) is 11.1 Å². The third-order valence-electron chi connectivity index (χ3n) is 6.77. The maximum absolute atomic E-state index is 13.2. The highest BCUT2D eigenvalue weighted by Gasteiger charge is 2.14. The topological polar surface area (TPSA) is 113 Å². The van der Waals surface area contributed by atoms with Crippen LogP contribution in [0.5, 0.6) is 0 Å². The summed E-state index contributed by atoms with van der Waals surface area (Å²) in [5.74, 6) is -0.668. The molecule has 1 aromatic carbocycles. The summed E-state index contributed by atoms with van der Waals surface area (Å²) in [6.07, 6.45) is 13.3. The second-order valence-electron chi connectivity index (χ2n) is 9.70. The molecule has 3 aromatic rings. The van der Waals surface area contributed by atoms with Crippen LogP contribution in [-0.2, 0) is 17.8 Å². The van der Waals surface area contributed by atoms with Crippen molar-refractivity contribution < 1.29 is 14.7 Å². The molecule has 0 radical (unpaired) electrons. The number of carboxylic acid groups (broad SMARTS) is 1. The molecule has 37 heavy (non-hydrogen) atoms. The fourth-order valence-corrected chi connectivity index (χ4v) is 4.86. The lowest BCUT2D eigenvalue weighted by molar-refractivity contribution is -0.137. The molecule has 0 atom stereocenters. The minimum Gasteiger partial charge on any atom is -0.480 e. The third-order valence-corrected chi connectivity index (χ3v) is 6.77. The Morgan fingerprint density at radius 3 is 2.65 bits per heavy atom. The van der Waals surface area contributed by atoms with Gasteiger partial charge >= 0.3 is 5.97 Å². The smallest absolute Gasteiger partial charge is 0.323 e. The van der Waals surface area contributed by atoms with E-state index in [2.05, 4.69) is 21.7 Å². The normalized spacial score (nSPS) is 13.8. The number of aliphatic carboxylic acids is 1. The number of hydrogen-bond donors (Lipinski definition) is 3. The fourth-order valence-electron chi connectivity index (χ4n) is 4.86. The predicted molar refractivity (Wildman–Crippen MR) is 144 cm³/mol. The number of aryl methyl sites for hydroxylation is 1. The number of carbonyl (C=O) groups excluding carboxylic acids is 1. The van der Waals surface area contributed by atoms with Gasteiger partial charge in [-0.1, -0.05) is 31.4 Å². The zero-order valence-electron chi connectivity index (χ0n) is 21.0. The van der Waals surface area contributed by atoms with Gasteiger partial charge < -0.3 is 20.3 Å². The number of carboxylic acids is 1. The lowest BCUT2D eigenvalue weighted by Gasteiger charge is -2.21. The number of hydrogen-bond acceptors (Lipinski definition) is 5. The summed E-state index contributed by atoms with van der Waals surface area (Å²) in [7, 11) is 0. The summed E-state index contributed by atoms with van der Waals surface area (Å²) in [4.78, 5) is 40.3. The molecule has 1 saturated carbocycles. The number of nitrogens with zero attached hydrogens (tertiary/aromatic N) is 2. The van der Waals surface area contributed by atoms with Crippen molar-refractivity contribution in [3.63, 3.8) is 0 Å². The first-order valence-corrected chi connectivity index (χ1v) is 13.0. The maximum atomic E-state index is 13.2. The quantitative estimate of drug-likeness (QED) is 0.336. The highest BCUT2D eigenvalue weighted by molar-refractivity contribution is 6.05. The molecule has 8 heteroatoms. The van der Waals surface area contributed by atoms with Gasteiger partial charge in [-0.3, -0.25) is 19.4 Å². The van der Waals surface area contributed by atoms with E-state index in [9.17, 15) is 14.4 Å². The van der Waals surface area contributed by atoms with Gasteiger partial charge in [-0.15, -0.1) is 0 Å². The van der Waals surface area contributed by atoms with Gasteiger partial charge in [-0.05, 0) is 80.1 Å². The Morgan fingerprint density at radius 2 is 1.89 bits per heavy atom. The first-order valence-electron chi connectivity index (χ1n) is 13.0. The molecule has 8 nitrogen and oxygen atoms in total. The number of rotatable bonds is 11. The lowest BCUT2D eigenvalue weighted by Crippen LogP contribution is -2.25. The molecule has 2 aromatic heterocycles. The van der Waals surface area contributed by atoms with Gasteiger partial charge in [0.2, 0.25) is 0 Å². The molecule has 2 heterocycles. The Morgan fingerprint density at radius 1 is 1.05 bits per heavy atom. The Kier molecular flexibility index (Phi) is 9.21. The minimum absolute atomic E-state index is 0.331. The zero-order valence-corrected chi connectivity index (χ0v) is 21.0. The molecule has 0 saturated heterocycles. The van der Waals surface area contributed by atoms with Crippen LogP contribution in [-0.4, -0.2) is 39.6 Å². The molecular formula is C29H34N4O4. The van der Waals surface area contributed by atoms with Crippen LogP contribution in [0, 0.1) is 5.92 Å². The van der Waals surface area contributed by atoms with Crippen molar-refractivity contribution >= 4 is 17.6 Å². The number of aromatic nitrogens is 2. The molecule has 1 fully saturated rings.